The minimum atomic E-state index is -3.71. The number of imide groups is 1. The first-order valence-corrected chi connectivity index (χ1v) is 11.0. The number of nitrogens with zero attached hydrogens (tertiary/aromatic N) is 1. The Morgan fingerprint density at radius 3 is 2.45 bits per heavy atom. The number of benzene rings is 1. The third-order valence-electron chi connectivity index (χ3n) is 4.61. The molecule has 1 heterocycles. The van der Waals surface area contributed by atoms with Crippen LogP contribution in [0.25, 0.3) is 0 Å². The summed E-state index contributed by atoms with van der Waals surface area (Å²) in [5.74, 6) is -1.62. The van der Waals surface area contributed by atoms with Gasteiger partial charge in [-0.25, -0.2) is 18.0 Å². The minimum absolute atomic E-state index is 0.0105. The van der Waals surface area contributed by atoms with E-state index >= 15 is 0 Å². The number of piperidine rings is 1. The predicted octanol–water partition coefficient (Wildman–Crippen LogP) is 1.56. The maximum atomic E-state index is 12.9. The molecule has 1 saturated heterocycles. The Labute approximate surface area is 170 Å². The average Bonchev–Trinajstić information content (AvgIpc) is 2.68. The van der Waals surface area contributed by atoms with Crippen molar-refractivity contribution >= 4 is 27.9 Å². The second kappa shape index (κ2) is 9.84. The normalized spacial score (nSPS) is 16.0. The van der Waals surface area contributed by atoms with E-state index in [0.717, 1.165) is 19.3 Å². The molecule has 2 N–H and O–H groups in total. The van der Waals surface area contributed by atoms with Crippen LogP contribution in [0.5, 0.6) is 0 Å². The van der Waals surface area contributed by atoms with Gasteiger partial charge in [0.25, 0.3) is 5.91 Å². The third kappa shape index (κ3) is 5.77. The van der Waals surface area contributed by atoms with Crippen molar-refractivity contribution in [1.29, 1.82) is 0 Å². The highest BCUT2D eigenvalue weighted by Crippen LogP contribution is 2.23. The molecule has 0 spiro atoms. The van der Waals surface area contributed by atoms with E-state index in [1.165, 1.54) is 29.4 Å². The van der Waals surface area contributed by atoms with Gasteiger partial charge >= 0.3 is 12.0 Å². The van der Waals surface area contributed by atoms with Gasteiger partial charge in [0.05, 0.1) is 10.5 Å². The van der Waals surface area contributed by atoms with Crippen molar-refractivity contribution in [3.63, 3.8) is 0 Å². The van der Waals surface area contributed by atoms with E-state index in [2.05, 4.69) is 10.6 Å². The van der Waals surface area contributed by atoms with Crippen LogP contribution in [0.4, 0.5) is 4.79 Å². The average molecular weight is 426 g/mol. The largest absolute Gasteiger partial charge is 0.449 e. The summed E-state index contributed by atoms with van der Waals surface area (Å²) < 4.78 is 32.3. The Hall–Kier alpha value is -2.46. The number of esters is 1. The molecular formula is C19H27N3O6S. The molecule has 9 nitrogen and oxygen atoms in total. The van der Waals surface area contributed by atoms with Crippen LogP contribution >= 0.6 is 0 Å². The van der Waals surface area contributed by atoms with Crippen molar-refractivity contribution in [1.82, 2.24) is 14.9 Å². The van der Waals surface area contributed by atoms with E-state index in [1.54, 1.807) is 13.8 Å². The van der Waals surface area contributed by atoms with Gasteiger partial charge in [-0.2, -0.15) is 4.31 Å². The lowest BCUT2D eigenvalue weighted by Gasteiger charge is -2.26. The lowest BCUT2D eigenvalue weighted by molar-refractivity contribution is -0.127. The molecule has 2 rings (SSSR count). The van der Waals surface area contributed by atoms with Crippen molar-refractivity contribution in [3.05, 3.63) is 29.3 Å². The number of carbonyl (C=O) groups excluding carboxylic acids is 3. The molecule has 1 aromatic carbocycles. The lowest BCUT2D eigenvalue weighted by atomic mass is 10.1. The highest BCUT2D eigenvalue weighted by Gasteiger charge is 2.28. The van der Waals surface area contributed by atoms with E-state index < -0.39 is 34.0 Å². The summed E-state index contributed by atoms with van der Waals surface area (Å²) in [6.07, 6.45) is 1.37. The van der Waals surface area contributed by atoms with Crippen molar-refractivity contribution in [2.24, 2.45) is 0 Å². The lowest BCUT2D eigenvalue weighted by Crippen LogP contribution is -2.44. The van der Waals surface area contributed by atoms with Crippen molar-refractivity contribution < 1.29 is 27.5 Å². The first-order chi connectivity index (χ1) is 13.7. The van der Waals surface area contributed by atoms with Crippen LogP contribution in [0.2, 0.25) is 0 Å². The van der Waals surface area contributed by atoms with Gasteiger partial charge in [-0.15, -0.1) is 0 Å². The summed E-state index contributed by atoms with van der Waals surface area (Å²) in [5.41, 5.74) is 0.574. The number of nitrogens with one attached hydrogen (secondary N) is 2. The first-order valence-electron chi connectivity index (χ1n) is 9.57. The van der Waals surface area contributed by atoms with Gasteiger partial charge < -0.3 is 10.1 Å². The summed E-state index contributed by atoms with van der Waals surface area (Å²) in [6, 6.07) is 3.58. The van der Waals surface area contributed by atoms with Crippen LogP contribution in [-0.4, -0.2) is 56.4 Å². The van der Waals surface area contributed by atoms with Crippen molar-refractivity contribution in [3.8, 4) is 0 Å². The molecule has 0 unspecified atom stereocenters. The van der Waals surface area contributed by atoms with Gasteiger partial charge in [-0.1, -0.05) is 12.5 Å². The standard InChI is InChI=1S/C19H27N3O6S/c1-4-20-19(25)21-17(23)14(3)28-18(24)16-12-15(9-8-13(16)2)29(26,27)22-10-6-5-7-11-22/h8-9,12,14H,4-7,10-11H2,1-3H3,(H2,20,21,23,25)/t14-/m0/s1. The maximum absolute atomic E-state index is 12.9. The Morgan fingerprint density at radius 2 is 1.83 bits per heavy atom. The summed E-state index contributed by atoms with van der Waals surface area (Å²) in [7, 11) is -3.71. The fourth-order valence-electron chi connectivity index (χ4n) is 2.93. The van der Waals surface area contributed by atoms with Crippen molar-refractivity contribution in [2.45, 2.75) is 51.0 Å². The number of ether oxygens (including phenoxy) is 1. The number of carbonyl (C=O) groups is 3. The molecule has 29 heavy (non-hydrogen) atoms. The Balaban J connectivity index is 2.15. The van der Waals surface area contributed by atoms with Crippen LogP contribution in [0, 0.1) is 6.92 Å². The molecule has 0 saturated carbocycles. The van der Waals surface area contributed by atoms with E-state index in [4.69, 9.17) is 4.74 Å². The predicted molar refractivity (Wildman–Crippen MR) is 106 cm³/mol. The van der Waals surface area contributed by atoms with Gasteiger partial charge in [0.1, 0.15) is 0 Å². The number of urea groups is 1. The summed E-state index contributed by atoms with van der Waals surface area (Å²) in [4.78, 5) is 35.9. The van der Waals surface area contributed by atoms with Crippen LogP contribution in [0.1, 0.15) is 49.0 Å². The van der Waals surface area contributed by atoms with Gasteiger partial charge in [0, 0.05) is 19.6 Å². The maximum Gasteiger partial charge on any atom is 0.339 e. The second-order valence-electron chi connectivity index (χ2n) is 6.84. The Kier molecular flexibility index (Phi) is 7.74. The van der Waals surface area contributed by atoms with E-state index in [9.17, 15) is 22.8 Å². The molecule has 160 valence electrons. The zero-order valence-corrected chi connectivity index (χ0v) is 17.7. The topological polar surface area (TPSA) is 122 Å². The van der Waals surface area contributed by atoms with Crippen molar-refractivity contribution in [2.75, 3.05) is 19.6 Å². The fourth-order valence-corrected chi connectivity index (χ4v) is 4.48. The van der Waals surface area contributed by atoms with E-state index in [-0.39, 0.29) is 10.5 Å². The molecule has 0 radical (unpaired) electrons. The van der Waals surface area contributed by atoms with Crippen LogP contribution in [-0.2, 0) is 19.6 Å². The first kappa shape index (κ1) is 22.8. The van der Waals surface area contributed by atoms with Crippen LogP contribution in [0.3, 0.4) is 0 Å². The molecule has 1 aliphatic heterocycles. The number of rotatable bonds is 6. The highest BCUT2D eigenvalue weighted by atomic mass is 32.2. The number of hydrogen-bond acceptors (Lipinski definition) is 6. The quantitative estimate of drug-likeness (QED) is 0.667. The summed E-state index contributed by atoms with van der Waals surface area (Å²) >= 11 is 0. The molecule has 1 fully saturated rings. The van der Waals surface area contributed by atoms with Gasteiger partial charge in [-0.3, -0.25) is 10.1 Å². The van der Waals surface area contributed by atoms with Gasteiger partial charge in [0.2, 0.25) is 10.0 Å². The van der Waals surface area contributed by atoms with Crippen LogP contribution in [0.15, 0.2) is 23.1 Å². The fraction of sp³-hybridized carbons (Fsp3) is 0.526. The number of hydrogen-bond donors (Lipinski definition) is 2. The SMILES string of the molecule is CCNC(=O)NC(=O)[C@H](C)OC(=O)c1cc(S(=O)(=O)N2CCCCC2)ccc1C. The third-order valence-corrected chi connectivity index (χ3v) is 6.50. The second-order valence-corrected chi connectivity index (χ2v) is 8.78. The molecule has 0 aliphatic carbocycles. The molecule has 1 atom stereocenters. The molecular weight excluding hydrogens is 398 g/mol. The number of sulfonamides is 1. The molecule has 0 bridgehead atoms. The number of aryl methyl sites for hydroxylation is 1. The zero-order chi connectivity index (χ0) is 21.6. The smallest absolute Gasteiger partial charge is 0.339 e. The van der Waals surface area contributed by atoms with E-state index in [0.29, 0.717) is 25.2 Å². The molecule has 1 aliphatic rings. The molecule has 0 aromatic heterocycles. The Bertz CT molecular complexity index is 878. The minimum Gasteiger partial charge on any atom is -0.449 e. The Morgan fingerprint density at radius 1 is 1.17 bits per heavy atom. The van der Waals surface area contributed by atoms with Crippen LogP contribution < -0.4 is 10.6 Å². The molecule has 10 heteroatoms. The summed E-state index contributed by atoms with van der Waals surface area (Å²) in [5, 5.41) is 4.46. The van der Waals surface area contributed by atoms with Gasteiger partial charge in [-0.05, 0) is 51.3 Å². The zero-order valence-electron chi connectivity index (χ0n) is 16.9. The van der Waals surface area contributed by atoms with Gasteiger partial charge in [0.15, 0.2) is 6.10 Å². The van der Waals surface area contributed by atoms with E-state index in [1.807, 2.05) is 0 Å². The highest BCUT2D eigenvalue weighted by molar-refractivity contribution is 7.89. The molecule has 3 amide bonds. The number of amides is 3. The molecule has 1 aromatic rings. The monoisotopic (exact) mass is 425 g/mol. The summed E-state index contributed by atoms with van der Waals surface area (Å²) in [6.45, 7) is 5.91.